The summed E-state index contributed by atoms with van der Waals surface area (Å²) in [4.78, 5) is 11.2. The van der Waals surface area contributed by atoms with Crippen molar-refractivity contribution in [3.63, 3.8) is 0 Å². The van der Waals surface area contributed by atoms with Crippen LogP contribution in [0.2, 0.25) is 0 Å². The summed E-state index contributed by atoms with van der Waals surface area (Å²) >= 11 is 0. The third-order valence-electron chi connectivity index (χ3n) is 2.76. The van der Waals surface area contributed by atoms with Crippen molar-refractivity contribution in [1.29, 1.82) is 0 Å². The number of fused-ring (bicyclic) bond motifs is 1. The number of ether oxygens (including phenoxy) is 1. The summed E-state index contributed by atoms with van der Waals surface area (Å²) in [5.74, 6) is 0.842. The number of hydrogen-bond donors (Lipinski definition) is 0. The SMILES string of the molecule is COC1CCc2oc(=O)c(C)cc2C1. The zero-order valence-electron chi connectivity index (χ0n) is 8.50. The minimum atomic E-state index is -0.209. The van der Waals surface area contributed by atoms with Crippen molar-refractivity contribution in [2.24, 2.45) is 0 Å². The Balaban J connectivity index is 2.38. The van der Waals surface area contributed by atoms with Gasteiger partial charge in [-0.3, -0.25) is 0 Å². The highest BCUT2D eigenvalue weighted by molar-refractivity contribution is 5.25. The van der Waals surface area contributed by atoms with Crippen LogP contribution in [0.15, 0.2) is 15.3 Å². The molecule has 2 rings (SSSR count). The van der Waals surface area contributed by atoms with Crippen LogP contribution in [0.25, 0.3) is 0 Å². The normalized spacial score (nSPS) is 20.6. The molecule has 1 heterocycles. The Hall–Kier alpha value is -1.09. The molecular formula is C11H14O3. The second-order valence-corrected chi connectivity index (χ2v) is 3.77. The van der Waals surface area contributed by atoms with E-state index < -0.39 is 0 Å². The van der Waals surface area contributed by atoms with Crippen molar-refractivity contribution in [2.75, 3.05) is 7.11 Å². The van der Waals surface area contributed by atoms with Gasteiger partial charge in [0.1, 0.15) is 5.76 Å². The van der Waals surface area contributed by atoms with Crippen LogP contribution in [0.4, 0.5) is 0 Å². The molecule has 76 valence electrons. The molecule has 3 heteroatoms. The smallest absolute Gasteiger partial charge is 0.338 e. The van der Waals surface area contributed by atoms with Gasteiger partial charge in [0.05, 0.1) is 6.10 Å². The first-order valence-electron chi connectivity index (χ1n) is 4.86. The monoisotopic (exact) mass is 194 g/mol. The lowest BCUT2D eigenvalue weighted by atomic mass is 9.94. The highest BCUT2D eigenvalue weighted by Gasteiger charge is 2.20. The Morgan fingerprint density at radius 3 is 3.07 bits per heavy atom. The van der Waals surface area contributed by atoms with E-state index in [0.717, 1.165) is 30.6 Å². The van der Waals surface area contributed by atoms with Crippen LogP contribution in [0.1, 0.15) is 23.3 Å². The Kier molecular flexibility index (Phi) is 2.42. The highest BCUT2D eigenvalue weighted by atomic mass is 16.5. The average molecular weight is 194 g/mol. The van der Waals surface area contributed by atoms with E-state index in [-0.39, 0.29) is 11.7 Å². The zero-order valence-corrected chi connectivity index (χ0v) is 8.50. The minimum absolute atomic E-state index is 0.209. The molecule has 0 N–H and O–H groups in total. The molecule has 0 fully saturated rings. The second-order valence-electron chi connectivity index (χ2n) is 3.77. The first kappa shape index (κ1) is 9.46. The quantitative estimate of drug-likeness (QED) is 0.679. The molecule has 1 aliphatic carbocycles. The van der Waals surface area contributed by atoms with Crippen LogP contribution in [-0.4, -0.2) is 13.2 Å². The van der Waals surface area contributed by atoms with Crippen LogP contribution in [0.5, 0.6) is 0 Å². The number of rotatable bonds is 1. The summed E-state index contributed by atoms with van der Waals surface area (Å²) < 4.78 is 10.5. The van der Waals surface area contributed by atoms with Gasteiger partial charge in [-0.05, 0) is 25.0 Å². The maximum Gasteiger partial charge on any atom is 0.338 e. The third-order valence-corrected chi connectivity index (χ3v) is 2.76. The summed E-state index contributed by atoms with van der Waals surface area (Å²) in [7, 11) is 1.72. The van der Waals surface area contributed by atoms with Gasteiger partial charge in [0.2, 0.25) is 0 Å². The molecule has 0 spiro atoms. The third kappa shape index (κ3) is 1.60. The molecule has 14 heavy (non-hydrogen) atoms. The fourth-order valence-corrected chi connectivity index (χ4v) is 1.88. The van der Waals surface area contributed by atoms with Crippen molar-refractivity contribution in [3.05, 3.63) is 33.4 Å². The van der Waals surface area contributed by atoms with Crippen LogP contribution in [0, 0.1) is 6.92 Å². The molecular weight excluding hydrogens is 180 g/mol. The molecule has 0 saturated carbocycles. The first-order chi connectivity index (χ1) is 6.70. The van der Waals surface area contributed by atoms with E-state index in [1.807, 2.05) is 6.07 Å². The second kappa shape index (κ2) is 3.58. The van der Waals surface area contributed by atoms with E-state index in [4.69, 9.17) is 9.15 Å². The van der Waals surface area contributed by atoms with Gasteiger partial charge in [0, 0.05) is 25.5 Å². The summed E-state index contributed by atoms with van der Waals surface area (Å²) in [6, 6.07) is 1.92. The van der Waals surface area contributed by atoms with Crippen molar-refractivity contribution in [3.8, 4) is 0 Å². The zero-order chi connectivity index (χ0) is 10.1. The maximum atomic E-state index is 11.2. The Morgan fingerprint density at radius 2 is 2.36 bits per heavy atom. The van der Waals surface area contributed by atoms with Gasteiger partial charge in [-0.25, -0.2) is 4.79 Å². The van der Waals surface area contributed by atoms with Gasteiger partial charge >= 0.3 is 5.63 Å². The van der Waals surface area contributed by atoms with E-state index in [1.54, 1.807) is 14.0 Å². The lowest BCUT2D eigenvalue weighted by Crippen LogP contribution is -2.23. The molecule has 0 aliphatic heterocycles. The van der Waals surface area contributed by atoms with Crippen molar-refractivity contribution < 1.29 is 9.15 Å². The summed E-state index contributed by atoms with van der Waals surface area (Å²) in [6.07, 6.45) is 2.88. The molecule has 1 aromatic heterocycles. The Bertz CT molecular complexity index is 392. The summed E-state index contributed by atoms with van der Waals surface area (Å²) in [5.41, 5.74) is 1.60. The van der Waals surface area contributed by atoms with E-state index in [0.29, 0.717) is 5.56 Å². The van der Waals surface area contributed by atoms with Crippen LogP contribution in [0.3, 0.4) is 0 Å². The molecule has 0 aromatic carbocycles. The van der Waals surface area contributed by atoms with Gasteiger partial charge < -0.3 is 9.15 Å². The predicted octanol–water partition coefficient (Wildman–Crippen LogP) is 1.45. The van der Waals surface area contributed by atoms with Gasteiger partial charge in [-0.15, -0.1) is 0 Å². The van der Waals surface area contributed by atoms with Gasteiger partial charge in [0.25, 0.3) is 0 Å². The van der Waals surface area contributed by atoms with Crippen LogP contribution >= 0.6 is 0 Å². The largest absolute Gasteiger partial charge is 0.427 e. The topological polar surface area (TPSA) is 39.4 Å². The molecule has 0 bridgehead atoms. The summed E-state index contributed by atoms with van der Waals surface area (Å²) in [6.45, 7) is 1.78. The van der Waals surface area contributed by atoms with Gasteiger partial charge in [0.15, 0.2) is 0 Å². The first-order valence-corrected chi connectivity index (χ1v) is 4.86. The van der Waals surface area contributed by atoms with Crippen molar-refractivity contribution in [1.82, 2.24) is 0 Å². The Labute approximate surface area is 82.7 Å². The molecule has 0 amide bonds. The average Bonchev–Trinajstić information content (AvgIpc) is 2.19. The van der Waals surface area contributed by atoms with E-state index in [9.17, 15) is 4.79 Å². The van der Waals surface area contributed by atoms with Gasteiger partial charge in [-0.2, -0.15) is 0 Å². The lowest BCUT2D eigenvalue weighted by molar-refractivity contribution is 0.0871. The standard InChI is InChI=1S/C11H14O3/c1-7-5-8-6-9(13-2)3-4-10(8)14-11(7)12/h5,9H,3-4,6H2,1-2H3. The fraction of sp³-hybridized carbons (Fsp3) is 0.545. The molecule has 1 unspecified atom stereocenters. The Morgan fingerprint density at radius 1 is 1.57 bits per heavy atom. The highest BCUT2D eigenvalue weighted by Crippen LogP contribution is 2.22. The molecule has 0 saturated heterocycles. The number of aryl methyl sites for hydroxylation is 2. The minimum Gasteiger partial charge on any atom is -0.427 e. The van der Waals surface area contributed by atoms with E-state index >= 15 is 0 Å². The number of methoxy groups -OCH3 is 1. The molecule has 3 nitrogen and oxygen atoms in total. The van der Waals surface area contributed by atoms with E-state index in [1.165, 1.54) is 0 Å². The summed E-state index contributed by atoms with van der Waals surface area (Å²) in [5, 5.41) is 0. The molecule has 1 aliphatic rings. The lowest BCUT2D eigenvalue weighted by Gasteiger charge is -2.21. The molecule has 1 atom stereocenters. The van der Waals surface area contributed by atoms with Gasteiger partial charge in [-0.1, -0.05) is 0 Å². The predicted molar refractivity (Wildman–Crippen MR) is 52.5 cm³/mol. The van der Waals surface area contributed by atoms with Crippen molar-refractivity contribution >= 4 is 0 Å². The van der Waals surface area contributed by atoms with Crippen molar-refractivity contribution in [2.45, 2.75) is 32.3 Å². The molecule has 1 aromatic rings. The molecule has 0 radical (unpaired) electrons. The van der Waals surface area contributed by atoms with Crippen LogP contribution in [-0.2, 0) is 17.6 Å². The maximum absolute atomic E-state index is 11.2. The number of hydrogen-bond acceptors (Lipinski definition) is 3. The van der Waals surface area contributed by atoms with Crippen LogP contribution < -0.4 is 5.63 Å². The fourth-order valence-electron chi connectivity index (χ4n) is 1.88. The van der Waals surface area contributed by atoms with E-state index in [2.05, 4.69) is 0 Å².